The van der Waals surface area contributed by atoms with Gasteiger partial charge in [0.05, 0.1) is 0 Å². The number of hydrogen-bond donors (Lipinski definition) is 1. The SMILES string of the molecule is CN1C(=O)C2(CC3(CCCCC3)Oc3ccc(-c4cccnc4)cc32)N=C1N. The van der Waals surface area contributed by atoms with Gasteiger partial charge in [-0.05, 0) is 49.4 Å². The van der Waals surface area contributed by atoms with Crippen LogP contribution in [-0.4, -0.2) is 34.4 Å². The third-order valence-electron chi connectivity index (χ3n) is 6.40. The highest BCUT2D eigenvalue weighted by Gasteiger charge is 2.58. The Labute approximate surface area is 164 Å². The minimum absolute atomic E-state index is 0.0668. The molecule has 1 atom stereocenters. The summed E-state index contributed by atoms with van der Waals surface area (Å²) in [7, 11) is 1.70. The van der Waals surface area contributed by atoms with Crippen molar-refractivity contribution in [3.8, 4) is 16.9 Å². The zero-order chi connectivity index (χ0) is 19.4. The van der Waals surface area contributed by atoms with Crippen LogP contribution in [0.2, 0.25) is 0 Å². The lowest BCUT2D eigenvalue weighted by Crippen LogP contribution is -2.52. The maximum absolute atomic E-state index is 13.4. The summed E-state index contributed by atoms with van der Waals surface area (Å²) in [5.41, 5.74) is 7.56. The number of aromatic nitrogens is 1. The summed E-state index contributed by atoms with van der Waals surface area (Å²) < 4.78 is 6.56. The lowest BCUT2D eigenvalue weighted by atomic mass is 9.70. The molecule has 1 aromatic carbocycles. The fourth-order valence-corrected chi connectivity index (χ4v) is 4.95. The molecule has 0 saturated heterocycles. The Hall–Kier alpha value is -2.89. The first-order valence-electron chi connectivity index (χ1n) is 9.91. The van der Waals surface area contributed by atoms with Crippen LogP contribution in [0.3, 0.4) is 0 Å². The van der Waals surface area contributed by atoms with Gasteiger partial charge < -0.3 is 10.5 Å². The zero-order valence-electron chi connectivity index (χ0n) is 16.0. The first-order valence-corrected chi connectivity index (χ1v) is 9.91. The van der Waals surface area contributed by atoms with Gasteiger partial charge in [0.25, 0.3) is 5.91 Å². The topological polar surface area (TPSA) is 80.8 Å². The Kier molecular flexibility index (Phi) is 3.73. The van der Waals surface area contributed by atoms with E-state index in [2.05, 4.69) is 4.98 Å². The van der Waals surface area contributed by atoms with Gasteiger partial charge in [0, 0.05) is 37.0 Å². The van der Waals surface area contributed by atoms with Gasteiger partial charge in [-0.2, -0.15) is 0 Å². The van der Waals surface area contributed by atoms with E-state index in [-0.39, 0.29) is 17.5 Å². The smallest absolute Gasteiger partial charge is 0.261 e. The minimum Gasteiger partial charge on any atom is -0.487 e. The van der Waals surface area contributed by atoms with Crippen LogP contribution >= 0.6 is 0 Å². The van der Waals surface area contributed by atoms with Gasteiger partial charge in [0.2, 0.25) is 0 Å². The summed E-state index contributed by atoms with van der Waals surface area (Å²) >= 11 is 0. The molecular weight excluding hydrogens is 352 g/mol. The van der Waals surface area contributed by atoms with Crippen molar-refractivity contribution in [3.63, 3.8) is 0 Å². The summed E-state index contributed by atoms with van der Waals surface area (Å²) in [6.07, 6.45) is 9.46. The molecule has 2 aliphatic heterocycles. The molecule has 1 unspecified atom stereocenters. The summed E-state index contributed by atoms with van der Waals surface area (Å²) in [6, 6.07) is 9.94. The second kappa shape index (κ2) is 6.06. The van der Waals surface area contributed by atoms with Crippen LogP contribution in [0.1, 0.15) is 44.1 Å². The Bertz CT molecular complexity index is 966. The quantitative estimate of drug-likeness (QED) is 0.829. The monoisotopic (exact) mass is 376 g/mol. The summed E-state index contributed by atoms with van der Waals surface area (Å²) in [4.78, 5) is 23.8. The number of carbonyl (C=O) groups is 1. The molecular formula is C22H24N4O2. The van der Waals surface area contributed by atoms with E-state index in [1.54, 1.807) is 13.2 Å². The molecule has 1 amide bonds. The van der Waals surface area contributed by atoms with Crippen molar-refractivity contribution in [1.29, 1.82) is 0 Å². The highest BCUT2D eigenvalue weighted by molar-refractivity contribution is 6.07. The molecule has 3 aliphatic rings. The van der Waals surface area contributed by atoms with Gasteiger partial charge >= 0.3 is 0 Å². The van der Waals surface area contributed by atoms with Crippen molar-refractivity contribution in [2.75, 3.05) is 7.05 Å². The van der Waals surface area contributed by atoms with E-state index in [1.165, 1.54) is 11.3 Å². The van der Waals surface area contributed by atoms with Crippen LogP contribution in [0.25, 0.3) is 11.1 Å². The molecule has 5 rings (SSSR count). The third-order valence-corrected chi connectivity index (χ3v) is 6.40. The second-order valence-electron chi connectivity index (χ2n) is 8.17. The van der Waals surface area contributed by atoms with Crippen LogP contribution in [0, 0.1) is 0 Å². The Balaban J connectivity index is 1.69. The van der Waals surface area contributed by atoms with E-state index in [9.17, 15) is 4.79 Å². The van der Waals surface area contributed by atoms with Crippen LogP contribution < -0.4 is 10.5 Å². The number of benzene rings is 1. The van der Waals surface area contributed by atoms with Crippen molar-refractivity contribution >= 4 is 11.9 Å². The lowest BCUT2D eigenvalue weighted by molar-refractivity contribution is -0.135. The molecule has 1 fully saturated rings. The molecule has 6 nitrogen and oxygen atoms in total. The number of carbonyl (C=O) groups excluding carboxylic acids is 1. The molecule has 2 spiro atoms. The van der Waals surface area contributed by atoms with E-state index in [4.69, 9.17) is 15.5 Å². The van der Waals surface area contributed by atoms with Gasteiger partial charge in [-0.25, -0.2) is 4.99 Å². The molecule has 0 radical (unpaired) electrons. The van der Waals surface area contributed by atoms with Crippen molar-refractivity contribution in [2.45, 2.75) is 49.7 Å². The predicted octanol–water partition coefficient (Wildman–Crippen LogP) is 3.22. The number of guanidine groups is 1. The maximum atomic E-state index is 13.4. The van der Waals surface area contributed by atoms with Crippen molar-refractivity contribution in [3.05, 3.63) is 48.3 Å². The number of hydrogen-bond acceptors (Lipinski definition) is 5. The number of pyridine rings is 1. The standard InChI is InChI=1S/C22H24N4O2/c1-26-19(27)22(25-20(26)23)14-21(9-3-2-4-10-21)28-18-8-7-15(12-17(18)22)16-6-5-11-24-13-16/h5-8,11-13H,2-4,9-10,14H2,1H3,(H2,23,25). The molecule has 6 heteroatoms. The number of aliphatic imine (C=N–C) groups is 1. The molecule has 3 heterocycles. The number of fused-ring (bicyclic) bond motifs is 2. The lowest BCUT2D eigenvalue weighted by Gasteiger charge is -2.47. The maximum Gasteiger partial charge on any atom is 0.261 e. The number of nitrogens with zero attached hydrogens (tertiary/aromatic N) is 3. The fourth-order valence-electron chi connectivity index (χ4n) is 4.95. The van der Waals surface area contributed by atoms with Gasteiger partial charge in [0.1, 0.15) is 11.4 Å². The largest absolute Gasteiger partial charge is 0.487 e. The average molecular weight is 376 g/mol. The van der Waals surface area contributed by atoms with E-state index in [0.29, 0.717) is 6.42 Å². The summed E-state index contributed by atoms with van der Waals surface area (Å²) in [5.74, 6) is 0.958. The first kappa shape index (κ1) is 17.2. The van der Waals surface area contributed by atoms with Crippen LogP contribution in [-0.2, 0) is 10.3 Å². The number of likely N-dealkylation sites (N-methyl/N-ethyl adjacent to an activating group) is 1. The van der Waals surface area contributed by atoms with E-state index in [0.717, 1.165) is 48.1 Å². The van der Waals surface area contributed by atoms with E-state index in [1.807, 2.05) is 36.5 Å². The van der Waals surface area contributed by atoms with Gasteiger partial charge in [0.15, 0.2) is 11.5 Å². The van der Waals surface area contributed by atoms with Crippen molar-refractivity contribution < 1.29 is 9.53 Å². The van der Waals surface area contributed by atoms with Crippen LogP contribution in [0.5, 0.6) is 5.75 Å². The van der Waals surface area contributed by atoms with Crippen molar-refractivity contribution in [2.24, 2.45) is 10.7 Å². The normalized spacial score (nSPS) is 25.5. The number of amides is 1. The van der Waals surface area contributed by atoms with Gasteiger partial charge in [-0.3, -0.25) is 14.7 Å². The minimum atomic E-state index is -0.998. The van der Waals surface area contributed by atoms with Gasteiger partial charge in [-0.1, -0.05) is 18.6 Å². The van der Waals surface area contributed by atoms with Crippen molar-refractivity contribution in [1.82, 2.24) is 9.88 Å². The number of rotatable bonds is 1. The Morgan fingerprint density at radius 1 is 1.14 bits per heavy atom. The highest BCUT2D eigenvalue weighted by Crippen LogP contribution is 2.53. The molecule has 1 aromatic heterocycles. The second-order valence-corrected chi connectivity index (χ2v) is 8.17. The zero-order valence-corrected chi connectivity index (χ0v) is 16.0. The van der Waals surface area contributed by atoms with E-state index >= 15 is 0 Å². The van der Waals surface area contributed by atoms with Gasteiger partial charge in [-0.15, -0.1) is 0 Å². The molecule has 2 aromatic rings. The van der Waals surface area contributed by atoms with Crippen LogP contribution in [0.4, 0.5) is 0 Å². The van der Waals surface area contributed by atoms with E-state index < -0.39 is 5.54 Å². The summed E-state index contributed by atoms with van der Waals surface area (Å²) in [5, 5.41) is 0. The molecule has 28 heavy (non-hydrogen) atoms. The molecule has 2 N–H and O–H groups in total. The Morgan fingerprint density at radius 3 is 2.64 bits per heavy atom. The average Bonchev–Trinajstić information content (AvgIpc) is 2.93. The number of ether oxygens (including phenoxy) is 1. The summed E-state index contributed by atoms with van der Waals surface area (Å²) in [6.45, 7) is 0. The molecule has 1 aliphatic carbocycles. The highest BCUT2D eigenvalue weighted by atomic mass is 16.5. The third kappa shape index (κ3) is 2.44. The van der Waals surface area contributed by atoms with Crippen LogP contribution in [0.15, 0.2) is 47.7 Å². The molecule has 144 valence electrons. The number of nitrogens with two attached hydrogens (primary N) is 1. The first-order chi connectivity index (χ1) is 13.5. The Morgan fingerprint density at radius 2 is 1.96 bits per heavy atom. The molecule has 1 saturated carbocycles. The predicted molar refractivity (Wildman–Crippen MR) is 107 cm³/mol. The fraction of sp³-hybridized carbons (Fsp3) is 0.409. The molecule has 0 bridgehead atoms.